The van der Waals surface area contributed by atoms with Gasteiger partial charge >= 0.3 is 0 Å². The minimum absolute atomic E-state index is 0.366. The Morgan fingerprint density at radius 2 is 2.14 bits per heavy atom. The molecule has 2 heteroatoms. The zero-order chi connectivity index (χ0) is 15.9. The highest BCUT2D eigenvalue weighted by molar-refractivity contribution is 5.97. The first-order chi connectivity index (χ1) is 10.5. The number of carbonyl (C=O) groups is 1. The predicted octanol–water partition coefficient (Wildman–Crippen LogP) is 4.78. The molecule has 0 bridgehead atoms. The molecule has 0 aromatic carbocycles. The van der Waals surface area contributed by atoms with Crippen LogP contribution in [0.25, 0.3) is 0 Å². The molecule has 0 heterocycles. The molecule has 0 amide bonds. The highest BCUT2D eigenvalue weighted by Crippen LogP contribution is 2.59. The fourth-order valence-corrected chi connectivity index (χ4v) is 6.07. The first kappa shape index (κ1) is 16.2. The van der Waals surface area contributed by atoms with E-state index in [9.17, 15) is 4.79 Å². The van der Waals surface area contributed by atoms with E-state index in [0.29, 0.717) is 29.1 Å². The van der Waals surface area contributed by atoms with Crippen LogP contribution in [-0.2, 0) is 9.53 Å². The van der Waals surface area contributed by atoms with Crippen LogP contribution in [0.3, 0.4) is 0 Å². The van der Waals surface area contributed by atoms with Crippen molar-refractivity contribution in [2.45, 2.75) is 71.8 Å². The van der Waals surface area contributed by atoms with Gasteiger partial charge in [0.15, 0.2) is 5.78 Å². The lowest BCUT2D eigenvalue weighted by atomic mass is 9.61. The predicted molar refractivity (Wildman–Crippen MR) is 89.6 cm³/mol. The molecule has 2 nitrogen and oxygen atoms in total. The van der Waals surface area contributed by atoms with Crippen molar-refractivity contribution in [2.75, 3.05) is 7.11 Å². The van der Waals surface area contributed by atoms with E-state index in [1.165, 1.54) is 38.5 Å². The van der Waals surface area contributed by atoms with Crippen LogP contribution in [0.4, 0.5) is 0 Å². The number of Topliss-reactive ketones (excluding diaryl/α,β-unsaturated/α-hetero) is 1. The number of allylic oxidation sites excluding steroid dienone is 2. The highest BCUT2D eigenvalue weighted by atomic mass is 16.5. The average Bonchev–Trinajstić information content (AvgIpc) is 2.98. The van der Waals surface area contributed by atoms with Crippen molar-refractivity contribution < 1.29 is 9.53 Å². The first-order valence-corrected chi connectivity index (χ1v) is 9.20. The Balaban J connectivity index is 1.68. The van der Waals surface area contributed by atoms with Gasteiger partial charge < -0.3 is 4.74 Å². The van der Waals surface area contributed by atoms with E-state index in [-0.39, 0.29) is 0 Å². The van der Waals surface area contributed by atoms with E-state index in [4.69, 9.17) is 4.74 Å². The van der Waals surface area contributed by atoms with Crippen LogP contribution in [0.2, 0.25) is 0 Å². The fraction of sp³-hybridized carbons (Fsp3) is 0.850. The monoisotopic (exact) mass is 304 g/mol. The molecule has 0 N–H and O–H groups in total. The third-order valence-electron chi connectivity index (χ3n) is 7.17. The summed E-state index contributed by atoms with van der Waals surface area (Å²) < 4.78 is 5.81. The molecule has 0 aliphatic heterocycles. The van der Waals surface area contributed by atoms with Gasteiger partial charge in [-0.15, -0.1) is 0 Å². The molecule has 6 atom stereocenters. The Kier molecular flexibility index (Phi) is 4.51. The molecule has 0 radical (unpaired) electrons. The Morgan fingerprint density at radius 3 is 2.77 bits per heavy atom. The maximum Gasteiger partial charge on any atom is 0.158 e. The van der Waals surface area contributed by atoms with E-state index in [0.717, 1.165) is 23.8 Å². The maximum absolute atomic E-state index is 11.8. The lowest BCUT2D eigenvalue weighted by molar-refractivity contribution is -0.115. The molecule has 3 aliphatic carbocycles. The number of hydrogen-bond acceptors (Lipinski definition) is 2. The molecule has 2 saturated carbocycles. The second kappa shape index (κ2) is 6.11. The fourth-order valence-electron chi connectivity index (χ4n) is 6.07. The summed E-state index contributed by atoms with van der Waals surface area (Å²) in [5, 5.41) is 0. The third-order valence-corrected chi connectivity index (χ3v) is 7.17. The SMILES string of the molecule is COC1CCCC2(C)C(C(C)CC3C=C(C)C(=O)C3)CCC12. The van der Waals surface area contributed by atoms with Gasteiger partial charge in [0.25, 0.3) is 0 Å². The molecular formula is C20H32O2. The van der Waals surface area contributed by atoms with Crippen molar-refractivity contribution in [1.29, 1.82) is 0 Å². The molecule has 3 aliphatic rings. The van der Waals surface area contributed by atoms with Crippen LogP contribution >= 0.6 is 0 Å². The average molecular weight is 304 g/mol. The molecule has 124 valence electrons. The smallest absolute Gasteiger partial charge is 0.158 e. The van der Waals surface area contributed by atoms with Crippen LogP contribution in [0.15, 0.2) is 11.6 Å². The maximum atomic E-state index is 11.8. The summed E-state index contributed by atoms with van der Waals surface area (Å²) in [6, 6.07) is 0. The molecule has 0 aromatic rings. The summed E-state index contributed by atoms with van der Waals surface area (Å²) in [5.74, 6) is 3.13. The van der Waals surface area contributed by atoms with Gasteiger partial charge in [-0.1, -0.05) is 26.3 Å². The van der Waals surface area contributed by atoms with Gasteiger partial charge in [0, 0.05) is 13.5 Å². The van der Waals surface area contributed by atoms with Gasteiger partial charge in [-0.25, -0.2) is 0 Å². The van der Waals surface area contributed by atoms with Crippen LogP contribution in [0.1, 0.15) is 65.7 Å². The van der Waals surface area contributed by atoms with Gasteiger partial charge in [-0.05, 0) is 73.7 Å². The molecule has 6 unspecified atom stereocenters. The highest BCUT2D eigenvalue weighted by Gasteiger charge is 2.52. The standard InChI is InChI=1S/C20H32O2/c1-13(10-15-11-14(2)18(21)12-15)16-7-8-17-19(22-4)6-5-9-20(16,17)3/h11,13,15-17,19H,5-10,12H2,1-4H3. The molecule has 0 aromatic heterocycles. The number of methoxy groups -OCH3 is 1. The second-order valence-corrected chi connectivity index (χ2v) is 8.41. The van der Waals surface area contributed by atoms with Gasteiger partial charge in [0.05, 0.1) is 6.10 Å². The summed E-state index contributed by atoms with van der Waals surface area (Å²) >= 11 is 0. The largest absolute Gasteiger partial charge is 0.381 e. The third kappa shape index (κ3) is 2.68. The molecule has 0 spiro atoms. The van der Waals surface area contributed by atoms with Crippen LogP contribution in [0, 0.1) is 29.1 Å². The minimum Gasteiger partial charge on any atom is -0.381 e. The quantitative estimate of drug-likeness (QED) is 0.747. The zero-order valence-electron chi connectivity index (χ0n) is 14.7. The van der Waals surface area contributed by atoms with E-state index in [1.54, 1.807) is 0 Å². The Bertz CT molecular complexity index is 466. The van der Waals surface area contributed by atoms with E-state index in [2.05, 4.69) is 19.9 Å². The normalized spacial score (nSPS) is 43.1. The molecule has 0 saturated heterocycles. The second-order valence-electron chi connectivity index (χ2n) is 8.41. The van der Waals surface area contributed by atoms with Crippen LogP contribution in [0.5, 0.6) is 0 Å². The zero-order valence-corrected chi connectivity index (χ0v) is 14.7. The van der Waals surface area contributed by atoms with E-state index < -0.39 is 0 Å². The van der Waals surface area contributed by atoms with Gasteiger partial charge in [0.1, 0.15) is 0 Å². The van der Waals surface area contributed by atoms with Crippen molar-refractivity contribution in [1.82, 2.24) is 0 Å². The molecule has 3 rings (SSSR count). The number of carbonyl (C=O) groups excluding carboxylic acids is 1. The van der Waals surface area contributed by atoms with E-state index in [1.807, 2.05) is 14.0 Å². The lowest BCUT2D eigenvalue weighted by Crippen LogP contribution is -2.42. The Hall–Kier alpha value is -0.630. The summed E-state index contributed by atoms with van der Waals surface area (Å²) in [6.45, 7) is 6.93. The summed E-state index contributed by atoms with van der Waals surface area (Å²) in [5.41, 5.74) is 1.45. The van der Waals surface area contributed by atoms with Gasteiger partial charge in [-0.3, -0.25) is 4.79 Å². The van der Waals surface area contributed by atoms with Crippen molar-refractivity contribution in [3.8, 4) is 0 Å². The van der Waals surface area contributed by atoms with Crippen molar-refractivity contribution >= 4 is 5.78 Å². The molecular weight excluding hydrogens is 272 g/mol. The van der Waals surface area contributed by atoms with Crippen molar-refractivity contribution in [2.24, 2.45) is 29.1 Å². The molecule has 22 heavy (non-hydrogen) atoms. The first-order valence-electron chi connectivity index (χ1n) is 9.20. The summed E-state index contributed by atoms with van der Waals surface area (Å²) in [6.07, 6.45) is 11.3. The van der Waals surface area contributed by atoms with Crippen LogP contribution < -0.4 is 0 Å². The number of ketones is 1. The molecule has 2 fully saturated rings. The Morgan fingerprint density at radius 1 is 1.36 bits per heavy atom. The summed E-state index contributed by atoms with van der Waals surface area (Å²) in [7, 11) is 1.89. The number of hydrogen-bond donors (Lipinski definition) is 0. The van der Waals surface area contributed by atoms with E-state index >= 15 is 0 Å². The van der Waals surface area contributed by atoms with Gasteiger partial charge in [0.2, 0.25) is 0 Å². The number of ether oxygens (including phenoxy) is 1. The topological polar surface area (TPSA) is 26.3 Å². The number of fused-ring (bicyclic) bond motifs is 1. The van der Waals surface area contributed by atoms with Gasteiger partial charge in [-0.2, -0.15) is 0 Å². The van der Waals surface area contributed by atoms with Crippen molar-refractivity contribution in [3.05, 3.63) is 11.6 Å². The lowest BCUT2D eigenvalue weighted by Gasteiger charge is -2.46. The number of rotatable bonds is 4. The Labute approximate surface area is 135 Å². The minimum atomic E-state index is 0.366. The van der Waals surface area contributed by atoms with Crippen molar-refractivity contribution in [3.63, 3.8) is 0 Å². The van der Waals surface area contributed by atoms with Crippen LogP contribution in [-0.4, -0.2) is 19.0 Å². The summed E-state index contributed by atoms with van der Waals surface area (Å²) in [4.78, 5) is 11.8.